The third-order valence-corrected chi connectivity index (χ3v) is 5.02. The summed E-state index contributed by atoms with van der Waals surface area (Å²) in [6.45, 7) is -0.309. The number of carbonyl (C=O) groups is 2. The molecule has 9 heteroatoms. The lowest BCUT2D eigenvalue weighted by Crippen LogP contribution is -2.20. The number of rotatable bonds is 7. The van der Waals surface area contributed by atoms with E-state index in [0.717, 1.165) is 0 Å². The molecule has 0 aliphatic carbocycles. The van der Waals surface area contributed by atoms with Gasteiger partial charge in [0, 0.05) is 16.4 Å². The van der Waals surface area contributed by atoms with Crippen molar-refractivity contribution in [2.75, 3.05) is 17.2 Å². The smallest absolute Gasteiger partial charge is 0.266 e. The largest absolute Gasteiger partial charge is 0.481 e. The Bertz CT molecular complexity index is 1210. The SMILES string of the molecule is N#C/C(=C/c1cc(Cl)c(OCC(=O)Nc2ccccc2)c(Cl)c1)C(=O)Nc1ccc(Cl)cc1. The van der Waals surface area contributed by atoms with Gasteiger partial charge in [0.25, 0.3) is 11.8 Å². The van der Waals surface area contributed by atoms with Crippen molar-refractivity contribution in [3.8, 4) is 11.8 Å². The van der Waals surface area contributed by atoms with Crippen LogP contribution in [0, 0.1) is 11.3 Å². The number of para-hydroxylation sites is 1. The second-order valence-corrected chi connectivity index (χ2v) is 7.90. The zero-order valence-electron chi connectivity index (χ0n) is 16.9. The number of ether oxygens (including phenoxy) is 1. The third kappa shape index (κ3) is 6.99. The number of amides is 2. The maximum absolute atomic E-state index is 12.4. The van der Waals surface area contributed by atoms with Crippen LogP contribution >= 0.6 is 34.8 Å². The Morgan fingerprint density at radius 1 is 0.909 bits per heavy atom. The van der Waals surface area contributed by atoms with E-state index < -0.39 is 5.91 Å². The molecule has 2 N–H and O–H groups in total. The highest BCUT2D eigenvalue weighted by atomic mass is 35.5. The van der Waals surface area contributed by atoms with Crippen molar-refractivity contribution in [3.63, 3.8) is 0 Å². The van der Waals surface area contributed by atoms with Crippen molar-refractivity contribution in [1.82, 2.24) is 0 Å². The predicted molar refractivity (Wildman–Crippen MR) is 131 cm³/mol. The molecule has 0 saturated carbocycles. The van der Waals surface area contributed by atoms with E-state index in [-0.39, 0.29) is 33.9 Å². The molecule has 0 saturated heterocycles. The van der Waals surface area contributed by atoms with Crippen molar-refractivity contribution in [1.29, 1.82) is 5.26 Å². The molecule has 0 aliphatic heterocycles. The lowest BCUT2D eigenvalue weighted by Gasteiger charge is -2.11. The van der Waals surface area contributed by atoms with Crippen LogP contribution in [-0.4, -0.2) is 18.4 Å². The van der Waals surface area contributed by atoms with Crippen molar-refractivity contribution in [2.45, 2.75) is 0 Å². The molecular formula is C24H16Cl3N3O3. The highest BCUT2D eigenvalue weighted by Gasteiger charge is 2.14. The number of benzene rings is 3. The summed E-state index contributed by atoms with van der Waals surface area (Å²) in [5.41, 5.74) is 1.37. The highest BCUT2D eigenvalue weighted by molar-refractivity contribution is 6.37. The van der Waals surface area contributed by atoms with Gasteiger partial charge in [-0.05, 0) is 60.2 Å². The predicted octanol–water partition coefficient (Wildman–Crippen LogP) is 6.21. The molecule has 6 nitrogen and oxygen atoms in total. The van der Waals surface area contributed by atoms with Crippen LogP contribution in [0.15, 0.2) is 72.3 Å². The molecule has 0 bridgehead atoms. The second-order valence-electron chi connectivity index (χ2n) is 6.65. The number of nitrogens with zero attached hydrogens (tertiary/aromatic N) is 1. The van der Waals surface area contributed by atoms with Crippen molar-refractivity contribution in [3.05, 3.63) is 92.9 Å². The number of hydrogen-bond acceptors (Lipinski definition) is 4. The molecule has 0 unspecified atom stereocenters. The standard InChI is InChI=1S/C24H16Cl3N3O3/c25-17-6-8-19(9-7-17)30-24(32)16(13-28)10-15-11-20(26)23(21(27)12-15)33-14-22(31)29-18-4-2-1-3-5-18/h1-12H,14H2,(H,29,31)(H,30,32)/b16-10-. The summed E-state index contributed by atoms with van der Waals surface area (Å²) in [7, 11) is 0. The van der Waals surface area contributed by atoms with E-state index in [1.165, 1.54) is 18.2 Å². The lowest BCUT2D eigenvalue weighted by molar-refractivity contribution is -0.118. The monoisotopic (exact) mass is 499 g/mol. The van der Waals surface area contributed by atoms with Gasteiger partial charge in [-0.1, -0.05) is 53.0 Å². The fourth-order valence-corrected chi connectivity index (χ4v) is 3.44. The Balaban J connectivity index is 1.69. The van der Waals surface area contributed by atoms with Crippen LogP contribution in [0.25, 0.3) is 6.08 Å². The first kappa shape index (κ1) is 24.1. The first-order valence-electron chi connectivity index (χ1n) is 9.51. The Morgan fingerprint density at radius 3 is 2.12 bits per heavy atom. The molecule has 0 fully saturated rings. The Hall–Kier alpha value is -3.50. The maximum atomic E-state index is 12.4. The van der Waals surface area contributed by atoms with E-state index in [1.807, 2.05) is 12.1 Å². The fourth-order valence-electron chi connectivity index (χ4n) is 2.70. The van der Waals surface area contributed by atoms with Crippen LogP contribution in [0.1, 0.15) is 5.56 Å². The average molecular weight is 501 g/mol. The molecule has 3 aromatic carbocycles. The van der Waals surface area contributed by atoms with Crippen LogP contribution < -0.4 is 15.4 Å². The first-order valence-corrected chi connectivity index (χ1v) is 10.6. The minimum Gasteiger partial charge on any atom is -0.481 e. The maximum Gasteiger partial charge on any atom is 0.266 e. The minimum atomic E-state index is -0.607. The molecule has 0 spiro atoms. The van der Waals surface area contributed by atoms with E-state index in [1.54, 1.807) is 48.5 Å². The van der Waals surface area contributed by atoms with Crippen LogP contribution in [0.2, 0.25) is 15.1 Å². The van der Waals surface area contributed by atoms with Crippen molar-refractivity contribution < 1.29 is 14.3 Å². The van der Waals surface area contributed by atoms with Gasteiger partial charge in [-0.3, -0.25) is 9.59 Å². The number of hydrogen-bond donors (Lipinski definition) is 2. The highest BCUT2D eigenvalue weighted by Crippen LogP contribution is 2.35. The summed E-state index contributed by atoms with van der Waals surface area (Å²) < 4.78 is 5.47. The van der Waals surface area contributed by atoms with Gasteiger partial charge >= 0.3 is 0 Å². The number of carbonyl (C=O) groups excluding carboxylic acids is 2. The zero-order chi connectivity index (χ0) is 23.8. The topological polar surface area (TPSA) is 91.2 Å². The number of nitrogens with one attached hydrogen (secondary N) is 2. The molecule has 2 amide bonds. The van der Waals surface area contributed by atoms with Gasteiger partial charge in [-0.25, -0.2) is 0 Å². The lowest BCUT2D eigenvalue weighted by atomic mass is 10.1. The van der Waals surface area contributed by atoms with Gasteiger partial charge in [0.1, 0.15) is 11.6 Å². The van der Waals surface area contributed by atoms with Gasteiger partial charge < -0.3 is 15.4 Å². The normalized spacial score (nSPS) is 10.8. The van der Waals surface area contributed by atoms with E-state index in [0.29, 0.717) is 22.0 Å². The van der Waals surface area contributed by atoms with Gasteiger partial charge in [0.05, 0.1) is 10.0 Å². The van der Waals surface area contributed by atoms with E-state index in [2.05, 4.69) is 10.6 Å². The molecule has 0 aromatic heterocycles. The van der Waals surface area contributed by atoms with Gasteiger partial charge in [-0.15, -0.1) is 0 Å². The van der Waals surface area contributed by atoms with E-state index in [4.69, 9.17) is 39.5 Å². The summed E-state index contributed by atoms with van der Waals surface area (Å²) in [6, 6.07) is 20.2. The molecular weight excluding hydrogens is 485 g/mol. The molecule has 33 heavy (non-hydrogen) atoms. The molecule has 3 rings (SSSR count). The molecule has 3 aromatic rings. The quantitative estimate of drug-likeness (QED) is 0.298. The summed E-state index contributed by atoms with van der Waals surface area (Å²) in [4.78, 5) is 24.5. The summed E-state index contributed by atoms with van der Waals surface area (Å²) >= 11 is 18.4. The second kappa shape index (κ2) is 11.4. The van der Waals surface area contributed by atoms with Gasteiger partial charge in [-0.2, -0.15) is 5.26 Å². The van der Waals surface area contributed by atoms with Gasteiger partial charge in [0.15, 0.2) is 12.4 Å². The van der Waals surface area contributed by atoms with Crippen molar-refractivity contribution in [2.24, 2.45) is 0 Å². The Morgan fingerprint density at radius 2 is 1.52 bits per heavy atom. The number of nitriles is 1. The summed E-state index contributed by atoms with van der Waals surface area (Å²) in [6.07, 6.45) is 1.34. The van der Waals surface area contributed by atoms with Gasteiger partial charge in [0.2, 0.25) is 0 Å². The van der Waals surface area contributed by atoms with E-state index >= 15 is 0 Å². The third-order valence-electron chi connectivity index (χ3n) is 4.20. The average Bonchev–Trinajstić information content (AvgIpc) is 2.79. The van der Waals surface area contributed by atoms with Crippen LogP contribution in [-0.2, 0) is 9.59 Å². The van der Waals surface area contributed by atoms with Crippen LogP contribution in [0.4, 0.5) is 11.4 Å². The summed E-state index contributed by atoms with van der Waals surface area (Å²) in [5, 5.41) is 15.5. The number of halogens is 3. The Kier molecular flexibility index (Phi) is 8.34. The van der Waals surface area contributed by atoms with Crippen molar-refractivity contribution >= 4 is 64.1 Å². The minimum absolute atomic E-state index is 0.114. The Labute approximate surface area is 205 Å². The number of anilines is 2. The van der Waals surface area contributed by atoms with E-state index in [9.17, 15) is 14.9 Å². The molecule has 0 heterocycles. The van der Waals surface area contributed by atoms with Crippen LogP contribution in [0.5, 0.6) is 5.75 Å². The fraction of sp³-hybridized carbons (Fsp3) is 0.0417. The zero-order valence-corrected chi connectivity index (χ0v) is 19.2. The molecule has 0 aliphatic rings. The molecule has 166 valence electrons. The van der Waals surface area contributed by atoms with Crippen LogP contribution in [0.3, 0.4) is 0 Å². The molecule has 0 atom stereocenters. The molecule has 0 radical (unpaired) electrons. The summed E-state index contributed by atoms with van der Waals surface area (Å²) in [5.74, 6) is -0.879. The first-order chi connectivity index (χ1) is 15.9.